The topological polar surface area (TPSA) is 20.2 Å². The molecule has 0 aliphatic heterocycles. The lowest BCUT2D eigenvalue weighted by Gasteiger charge is -2.21. The summed E-state index contributed by atoms with van der Waals surface area (Å²) in [7, 11) is 0. The fraction of sp³-hybridized carbons (Fsp3) is 0.385. The van der Waals surface area contributed by atoms with Gasteiger partial charge >= 0.3 is 0 Å². The summed E-state index contributed by atoms with van der Waals surface area (Å²) < 4.78 is 14.4. The molecule has 0 heterocycles. The molecule has 2 atom stereocenters. The minimum absolute atomic E-state index is 0.572. The van der Waals surface area contributed by atoms with Gasteiger partial charge < -0.3 is 5.11 Å². The second-order valence-electron chi connectivity index (χ2n) is 4.34. The Labute approximate surface area is 89.3 Å². The van der Waals surface area contributed by atoms with Crippen molar-refractivity contribution in [3.05, 3.63) is 47.0 Å². The number of rotatable bonds is 1. The smallest absolute Gasteiger partial charge is 0.155 e. The van der Waals surface area contributed by atoms with Crippen LogP contribution in [0, 0.1) is 0 Å². The third-order valence-electron chi connectivity index (χ3n) is 3.17. The normalized spacial score (nSPS) is 26.5. The molecule has 0 saturated heterocycles. The van der Waals surface area contributed by atoms with Gasteiger partial charge in [0.25, 0.3) is 0 Å². The monoisotopic (exact) mass is 206 g/mol. The van der Waals surface area contributed by atoms with E-state index in [2.05, 4.69) is 6.58 Å². The zero-order valence-corrected chi connectivity index (χ0v) is 9.05. The van der Waals surface area contributed by atoms with E-state index in [1.54, 1.807) is 13.0 Å². The van der Waals surface area contributed by atoms with E-state index in [1.807, 2.05) is 12.1 Å². The van der Waals surface area contributed by atoms with E-state index < -0.39 is 11.8 Å². The number of aliphatic hydroxyl groups excluding tert-OH is 1. The Kier molecular flexibility index (Phi) is 2.19. The van der Waals surface area contributed by atoms with Crippen molar-refractivity contribution in [3.8, 4) is 0 Å². The van der Waals surface area contributed by atoms with Crippen molar-refractivity contribution in [1.82, 2.24) is 0 Å². The molecule has 1 aromatic rings. The first-order valence-corrected chi connectivity index (χ1v) is 5.12. The molecule has 0 amide bonds. The van der Waals surface area contributed by atoms with Crippen LogP contribution in [0.5, 0.6) is 0 Å². The Bertz CT molecular complexity index is 419. The summed E-state index contributed by atoms with van der Waals surface area (Å²) in [5.74, 6) is 0. The lowest BCUT2D eigenvalue weighted by molar-refractivity contribution is 0.188. The van der Waals surface area contributed by atoms with Gasteiger partial charge in [0.2, 0.25) is 0 Å². The highest BCUT2D eigenvalue weighted by Gasteiger charge is 2.40. The van der Waals surface area contributed by atoms with E-state index in [4.69, 9.17) is 0 Å². The highest BCUT2D eigenvalue weighted by Crippen LogP contribution is 2.46. The number of halogens is 1. The fourth-order valence-electron chi connectivity index (χ4n) is 2.26. The molecule has 1 aliphatic carbocycles. The first kappa shape index (κ1) is 10.4. The van der Waals surface area contributed by atoms with Crippen molar-refractivity contribution in [1.29, 1.82) is 0 Å². The molecule has 0 spiro atoms. The van der Waals surface area contributed by atoms with E-state index in [0.29, 0.717) is 23.1 Å². The quantitative estimate of drug-likeness (QED) is 0.700. The molecule has 0 radical (unpaired) electrons. The van der Waals surface area contributed by atoms with Crippen molar-refractivity contribution in [2.45, 2.75) is 32.0 Å². The van der Waals surface area contributed by atoms with Crippen molar-refractivity contribution < 1.29 is 9.50 Å². The van der Waals surface area contributed by atoms with Crippen LogP contribution in [-0.2, 0) is 12.1 Å². The van der Waals surface area contributed by atoms with Crippen LogP contribution >= 0.6 is 0 Å². The molecule has 1 aromatic carbocycles. The molecule has 1 N–H and O–H groups in total. The Balaban J connectivity index is 2.67. The van der Waals surface area contributed by atoms with Crippen LogP contribution in [0.15, 0.2) is 30.4 Å². The first-order chi connectivity index (χ1) is 6.94. The van der Waals surface area contributed by atoms with Crippen LogP contribution in [-0.4, -0.2) is 5.11 Å². The molecule has 2 rings (SSSR count). The van der Waals surface area contributed by atoms with Gasteiger partial charge in [-0.2, -0.15) is 0 Å². The molecule has 15 heavy (non-hydrogen) atoms. The van der Waals surface area contributed by atoms with Gasteiger partial charge in [-0.25, -0.2) is 4.39 Å². The highest BCUT2D eigenvalue weighted by molar-refractivity contribution is 5.51. The van der Waals surface area contributed by atoms with Crippen LogP contribution in [0.2, 0.25) is 0 Å². The van der Waals surface area contributed by atoms with E-state index in [0.717, 1.165) is 5.56 Å². The van der Waals surface area contributed by atoms with Crippen molar-refractivity contribution in [2.24, 2.45) is 0 Å². The Morgan fingerprint density at radius 1 is 1.53 bits per heavy atom. The summed E-state index contributed by atoms with van der Waals surface area (Å²) in [6, 6.07) is 5.53. The summed E-state index contributed by atoms with van der Waals surface area (Å²) in [5, 5.41) is 9.61. The molecule has 2 heteroatoms. The standard InChI is InChI=1S/C13H15FO/c1-8-7-10-5-4-6-11(9(2)15)12(10)13(8,3)14/h4-6,9,15H,1,7H2,2-3H3/t9-,13+/m0/s1. The van der Waals surface area contributed by atoms with Gasteiger partial charge in [-0.3, -0.25) is 0 Å². The van der Waals surface area contributed by atoms with Crippen LogP contribution in [0.25, 0.3) is 0 Å². The molecule has 0 bridgehead atoms. The van der Waals surface area contributed by atoms with Crippen LogP contribution in [0.3, 0.4) is 0 Å². The van der Waals surface area contributed by atoms with Crippen molar-refractivity contribution in [3.63, 3.8) is 0 Å². The van der Waals surface area contributed by atoms with Crippen molar-refractivity contribution >= 4 is 0 Å². The molecule has 0 fully saturated rings. The maximum absolute atomic E-state index is 14.4. The average molecular weight is 206 g/mol. The molecular weight excluding hydrogens is 191 g/mol. The molecule has 80 valence electrons. The largest absolute Gasteiger partial charge is 0.389 e. The third kappa shape index (κ3) is 1.40. The Morgan fingerprint density at radius 3 is 2.80 bits per heavy atom. The Hall–Kier alpha value is -1.15. The highest BCUT2D eigenvalue weighted by atomic mass is 19.1. The lowest BCUT2D eigenvalue weighted by atomic mass is 9.91. The number of aliphatic hydroxyl groups is 1. The summed E-state index contributed by atoms with van der Waals surface area (Å²) in [6.07, 6.45) is -0.0657. The van der Waals surface area contributed by atoms with E-state index in [9.17, 15) is 9.50 Å². The number of hydrogen-bond acceptors (Lipinski definition) is 1. The van der Waals surface area contributed by atoms with Gasteiger partial charge in [-0.05, 0) is 37.0 Å². The Morgan fingerprint density at radius 2 is 2.20 bits per heavy atom. The number of benzene rings is 1. The maximum Gasteiger partial charge on any atom is 0.155 e. The molecule has 0 saturated carbocycles. The van der Waals surface area contributed by atoms with Gasteiger partial charge in [-0.15, -0.1) is 0 Å². The second kappa shape index (κ2) is 3.17. The predicted molar refractivity (Wildman–Crippen MR) is 58.4 cm³/mol. The van der Waals surface area contributed by atoms with E-state index in [-0.39, 0.29) is 0 Å². The third-order valence-corrected chi connectivity index (χ3v) is 3.17. The molecule has 0 unspecified atom stereocenters. The van der Waals surface area contributed by atoms with Gasteiger partial charge in [-0.1, -0.05) is 24.8 Å². The zero-order valence-electron chi connectivity index (χ0n) is 9.05. The lowest BCUT2D eigenvalue weighted by Crippen LogP contribution is -2.15. The summed E-state index contributed by atoms with van der Waals surface area (Å²) in [5.41, 5.74) is 1.32. The van der Waals surface area contributed by atoms with Crippen LogP contribution < -0.4 is 0 Å². The minimum atomic E-state index is -1.50. The number of allylic oxidation sites excluding steroid dienone is 1. The van der Waals surface area contributed by atoms with Gasteiger partial charge in [0.1, 0.15) is 0 Å². The molecule has 1 aliphatic rings. The second-order valence-corrected chi connectivity index (χ2v) is 4.34. The maximum atomic E-state index is 14.4. The first-order valence-electron chi connectivity index (χ1n) is 5.12. The average Bonchev–Trinajstić information content (AvgIpc) is 2.38. The molecular formula is C13H15FO. The van der Waals surface area contributed by atoms with Gasteiger partial charge in [0.05, 0.1) is 6.10 Å². The SMILES string of the molecule is C=C1Cc2cccc([C@H](C)O)c2[C@]1(C)F. The molecule has 0 aromatic heterocycles. The van der Waals surface area contributed by atoms with Crippen molar-refractivity contribution in [2.75, 3.05) is 0 Å². The number of alkyl halides is 1. The number of fused-ring (bicyclic) bond motifs is 1. The zero-order chi connectivity index (χ0) is 11.2. The van der Waals surface area contributed by atoms with E-state index in [1.165, 1.54) is 6.92 Å². The fourth-order valence-corrected chi connectivity index (χ4v) is 2.26. The molecule has 1 nitrogen and oxygen atoms in total. The summed E-state index contributed by atoms with van der Waals surface area (Å²) in [6.45, 7) is 6.95. The predicted octanol–water partition coefficient (Wildman–Crippen LogP) is 3.04. The minimum Gasteiger partial charge on any atom is -0.389 e. The van der Waals surface area contributed by atoms with E-state index >= 15 is 0 Å². The van der Waals surface area contributed by atoms with Crippen LogP contribution in [0.4, 0.5) is 4.39 Å². The van der Waals surface area contributed by atoms with Gasteiger partial charge in [0.15, 0.2) is 5.67 Å². The summed E-state index contributed by atoms with van der Waals surface area (Å²) >= 11 is 0. The van der Waals surface area contributed by atoms with Crippen LogP contribution in [0.1, 0.15) is 36.6 Å². The van der Waals surface area contributed by atoms with Gasteiger partial charge in [0, 0.05) is 5.56 Å². The summed E-state index contributed by atoms with van der Waals surface area (Å²) in [4.78, 5) is 0. The number of hydrogen-bond donors (Lipinski definition) is 1.